The first-order valence-corrected chi connectivity index (χ1v) is 9.80. The number of rotatable bonds is 3. The summed E-state index contributed by atoms with van der Waals surface area (Å²) in [4.78, 5) is 10.4. The van der Waals surface area contributed by atoms with Gasteiger partial charge in [0.05, 0.1) is 23.4 Å². The molecule has 4 heterocycles. The lowest BCUT2D eigenvalue weighted by atomic mass is 10.2. The van der Waals surface area contributed by atoms with E-state index in [2.05, 4.69) is 15.1 Å². The maximum absolute atomic E-state index is 12.9. The van der Waals surface area contributed by atoms with Crippen LogP contribution in [0.4, 0.5) is 14.6 Å². The third kappa shape index (κ3) is 3.12. The normalized spacial score (nSPS) is 17.1. The van der Waals surface area contributed by atoms with Gasteiger partial charge in [-0.3, -0.25) is 0 Å². The van der Waals surface area contributed by atoms with Gasteiger partial charge in [0.1, 0.15) is 11.5 Å². The van der Waals surface area contributed by atoms with Gasteiger partial charge in [-0.15, -0.1) is 0 Å². The van der Waals surface area contributed by atoms with E-state index in [0.717, 1.165) is 5.56 Å². The second kappa shape index (κ2) is 6.27. The lowest BCUT2D eigenvalue weighted by Crippen LogP contribution is -2.40. The van der Waals surface area contributed by atoms with E-state index in [1.165, 1.54) is 16.6 Å². The molecule has 136 valence electrons. The summed E-state index contributed by atoms with van der Waals surface area (Å²) in [5, 5.41) is 3.96. The molecule has 0 unspecified atom stereocenters. The van der Waals surface area contributed by atoms with Crippen LogP contribution in [0.3, 0.4) is 0 Å². The summed E-state index contributed by atoms with van der Waals surface area (Å²) in [6, 6.07) is 6.28. The quantitative estimate of drug-likeness (QED) is 0.692. The average Bonchev–Trinajstić information content (AvgIpc) is 3.05. The van der Waals surface area contributed by atoms with E-state index in [1.807, 2.05) is 4.90 Å². The standard InChI is InChI=1S/C16H15F2N5O2S/c17-16(18)12-1-2-14-20-10-13(23(14)21-12)11-3-4-19-15(9-11)22-5-7-26(24,25)8-6-22/h1-4,9-10,16H,5-8H2. The van der Waals surface area contributed by atoms with Crippen molar-refractivity contribution in [1.82, 2.24) is 19.6 Å². The number of aromatic nitrogens is 4. The number of anilines is 1. The van der Waals surface area contributed by atoms with Gasteiger partial charge in [-0.1, -0.05) is 0 Å². The Kier molecular flexibility index (Phi) is 4.06. The van der Waals surface area contributed by atoms with Crippen LogP contribution >= 0.6 is 0 Å². The minimum atomic E-state index is -2.98. The Morgan fingerprint density at radius 3 is 2.58 bits per heavy atom. The number of pyridine rings is 1. The number of alkyl halides is 2. The van der Waals surface area contributed by atoms with Gasteiger partial charge in [-0.2, -0.15) is 5.10 Å². The highest BCUT2D eigenvalue weighted by Crippen LogP contribution is 2.25. The van der Waals surface area contributed by atoms with Crippen LogP contribution in [0.25, 0.3) is 16.9 Å². The van der Waals surface area contributed by atoms with Crippen LogP contribution < -0.4 is 4.90 Å². The second-order valence-corrected chi connectivity index (χ2v) is 8.32. The van der Waals surface area contributed by atoms with E-state index in [0.29, 0.717) is 30.2 Å². The van der Waals surface area contributed by atoms with Crippen LogP contribution in [0, 0.1) is 0 Å². The first-order valence-electron chi connectivity index (χ1n) is 7.98. The predicted molar refractivity (Wildman–Crippen MR) is 92.0 cm³/mol. The van der Waals surface area contributed by atoms with E-state index < -0.39 is 16.3 Å². The summed E-state index contributed by atoms with van der Waals surface area (Å²) in [7, 11) is -2.98. The number of sulfone groups is 1. The van der Waals surface area contributed by atoms with E-state index in [9.17, 15) is 17.2 Å². The summed E-state index contributed by atoms with van der Waals surface area (Å²) in [6.45, 7) is 0.749. The van der Waals surface area contributed by atoms with Crippen LogP contribution in [0.15, 0.2) is 36.7 Å². The Bertz CT molecular complexity index is 1050. The fourth-order valence-electron chi connectivity index (χ4n) is 2.89. The van der Waals surface area contributed by atoms with Gasteiger partial charge >= 0.3 is 0 Å². The third-order valence-corrected chi connectivity index (χ3v) is 5.93. The minimum absolute atomic E-state index is 0.0911. The molecule has 3 aromatic rings. The van der Waals surface area contributed by atoms with Gasteiger partial charge in [0.25, 0.3) is 6.43 Å². The summed E-state index contributed by atoms with van der Waals surface area (Å²) in [5.41, 5.74) is 1.42. The van der Waals surface area contributed by atoms with Crippen molar-refractivity contribution in [3.05, 3.63) is 42.4 Å². The van der Waals surface area contributed by atoms with Gasteiger partial charge in [0.15, 0.2) is 15.5 Å². The van der Waals surface area contributed by atoms with Crippen LogP contribution in [-0.4, -0.2) is 52.6 Å². The Balaban J connectivity index is 1.71. The van der Waals surface area contributed by atoms with E-state index in [4.69, 9.17) is 0 Å². The molecule has 1 saturated heterocycles. The zero-order valence-corrected chi connectivity index (χ0v) is 14.4. The predicted octanol–water partition coefficient (Wildman–Crippen LogP) is 1.96. The Morgan fingerprint density at radius 2 is 1.85 bits per heavy atom. The van der Waals surface area contributed by atoms with E-state index in [-0.39, 0.29) is 17.2 Å². The van der Waals surface area contributed by atoms with Crippen molar-refractivity contribution < 1.29 is 17.2 Å². The first kappa shape index (κ1) is 16.8. The number of fused-ring (bicyclic) bond motifs is 1. The topological polar surface area (TPSA) is 80.5 Å². The molecule has 0 amide bonds. The molecule has 7 nitrogen and oxygen atoms in total. The number of nitrogens with zero attached hydrogens (tertiary/aromatic N) is 5. The summed E-state index contributed by atoms with van der Waals surface area (Å²) >= 11 is 0. The van der Waals surface area contributed by atoms with Crippen molar-refractivity contribution in [2.45, 2.75) is 6.43 Å². The molecular formula is C16H15F2N5O2S. The summed E-state index contributed by atoms with van der Waals surface area (Å²) < 4.78 is 50.4. The van der Waals surface area contributed by atoms with E-state index >= 15 is 0 Å². The maximum Gasteiger partial charge on any atom is 0.282 e. The fourth-order valence-corrected chi connectivity index (χ4v) is 4.09. The number of hydrogen-bond acceptors (Lipinski definition) is 6. The van der Waals surface area contributed by atoms with E-state index in [1.54, 1.807) is 24.5 Å². The third-order valence-electron chi connectivity index (χ3n) is 4.32. The van der Waals surface area contributed by atoms with Crippen molar-refractivity contribution >= 4 is 21.3 Å². The molecule has 0 N–H and O–H groups in total. The highest BCUT2D eigenvalue weighted by atomic mass is 32.2. The molecule has 26 heavy (non-hydrogen) atoms. The lowest BCUT2D eigenvalue weighted by molar-refractivity contribution is 0.144. The van der Waals surface area contributed by atoms with Gasteiger partial charge in [0.2, 0.25) is 0 Å². The van der Waals surface area contributed by atoms with Crippen molar-refractivity contribution in [1.29, 1.82) is 0 Å². The van der Waals surface area contributed by atoms with Crippen LogP contribution in [-0.2, 0) is 9.84 Å². The molecule has 0 radical (unpaired) electrons. The van der Waals surface area contributed by atoms with Gasteiger partial charge in [-0.05, 0) is 24.3 Å². The molecule has 1 aliphatic heterocycles. The SMILES string of the molecule is O=S1(=O)CCN(c2cc(-c3cnc4ccc(C(F)F)nn34)ccn2)CC1. The molecule has 0 aliphatic carbocycles. The highest BCUT2D eigenvalue weighted by Gasteiger charge is 2.23. The summed E-state index contributed by atoms with van der Waals surface area (Å²) in [6.07, 6.45) is 0.500. The average molecular weight is 379 g/mol. The minimum Gasteiger partial charge on any atom is -0.355 e. The molecular weight excluding hydrogens is 364 g/mol. The van der Waals surface area contributed by atoms with Gasteiger partial charge in [0, 0.05) is 24.8 Å². The lowest BCUT2D eigenvalue weighted by Gasteiger charge is -2.27. The van der Waals surface area contributed by atoms with Crippen LogP contribution in [0.1, 0.15) is 12.1 Å². The maximum atomic E-state index is 12.9. The molecule has 0 atom stereocenters. The Labute approximate surface area is 148 Å². The summed E-state index contributed by atoms with van der Waals surface area (Å²) in [5.74, 6) is 0.819. The van der Waals surface area contributed by atoms with Gasteiger partial charge in [-0.25, -0.2) is 31.7 Å². The fraction of sp³-hybridized carbons (Fsp3) is 0.312. The zero-order chi connectivity index (χ0) is 18.3. The molecule has 3 aromatic heterocycles. The monoisotopic (exact) mass is 379 g/mol. The highest BCUT2D eigenvalue weighted by molar-refractivity contribution is 7.91. The van der Waals surface area contributed by atoms with Crippen LogP contribution in [0.2, 0.25) is 0 Å². The molecule has 1 fully saturated rings. The van der Waals surface area contributed by atoms with Crippen molar-refractivity contribution in [2.24, 2.45) is 0 Å². The number of hydrogen-bond donors (Lipinski definition) is 0. The van der Waals surface area contributed by atoms with Crippen LogP contribution in [0.5, 0.6) is 0 Å². The smallest absolute Gasteiger partial charge is 0.282 e. The molecule has 0 aromatic carbocycles. The zero-order valence-electron chi connectivity index (χ0n) is 13.6. The van der Waals surface area contributed by atoms with Gasteiger partial charge < -0.3 is 4.90 Å². The molecule has 0 bridgehead atoms. The first-order chi connectivity index (χ1) is 12.4. The molecule has 0 spiro atoms. The second-order valence-electron chi connectivity index (χ2n) is 6.01. The largest absolute Gasteiger partial charge is 0.355 e. The van der Waals surface area contributed by atoms with Crippen molar-refractivity contribution in [3.8, 4) is 11.3 Å². The molecule has 10 heteroatoms. The Hall–Kier alpha value is -2.62. The molecule has 4 rings (SSSR count). The molecule has 0 saturated carbocycles. The molecule has 1 aliphatic rings. The van der Waals surface area contributed by atoms with Crippen molar-refractivity contribution in [3.63, 3.8) is 0 Å². The number of imidazole rings is 1. The Morgan fingerprint density at radius 1 is 1.08 bits per heavy atom. The number of halogens is 2. The van der Waals surface area contributed by atoms with Crippen molar-refractivity contribution in [2.75, 3.05) is 29.5 Å².